The molecule has 0 bridgehead atoms. The molecule has 1 saturated heterocycles. The Bertz CT molecular complexity index is 505. The molecule has 2 unspecified atom stereocenters. The number of amides is 1. The minimum atomic E-state index is -1.38. The zero-order valence-electron chi connectivity index (χ0n) is 15.6. The normalized spacial score (nSPS) is 27.7. The molecule has 2 fully saturated rings. The second-order valence-electron chi connectivity index (χ2n) is 7.74. The maximum Gasteiger partial charge on any atom is 0.373 e. The third-order valence-electron chi connectivity index (χ3n) is 5.04. The first-order valence-electron chi connectivity index (χ1n) is 9.57. The third kappa shape index (κ3) is 6.34. The molecule has 1 heterocycles. The number of carboxylic acids is 1. The Hall–Kier alpha value is -1.51. The average Bonchev–Trinajstić information content (AvgIpc) is 3.03. The van der Waals surface area contributed by atoms with E-state index in [4.69, 9.17) is 9.94 Å². The van der Waals surface area contributed by atoms with Gasteiger partial charge in [-0.15, -0.1) is 0 Å². The summed E-state index contributed by atoms with van der Waals surface area (Å²) in [4.78, 5) is 40.3. The SMILES string of the molecule is CC(C)C[C@H](NC1CCCC(NC(=O)[C@@H]2CCON2)CC1)C(=O)C(=O)O. The van der Waals surface area contributed by atoms with Gasteiger partial charge in [0.2, 0.25) is 5.91 Å². The number of Topliss-reactive ketones (excluding diaryl/α,β-unsaturated/α-hetero) is 1. The van der Waals surface area contributed by atoms with Gasteiger partial charge < -0.3 is 20.6 Å². The monoisotopic (exact) mass is 369 g/mol. The number of nitrogens with one attached hydrogen (secondary N) is 3. The van der Waals surface area contributed by atoms with E-state index >= 15 is 0 Å². The zero-order valence-corrected chi connectivity index (χ0v) is 15.6. The standard InChI is InChI=1S/C18H31N3O5/c1-11(2)10-15(16(22)18(24)25)19-12-4-3-5-13(7-6-12)20-17(23)14-8-9-26-21-14/h11-15,19,21H,3-10H2,1-2H3,(H,20,23)(H,24,25)/t12?,13?,14-,15-/m0/s1. The van der Waals surface area contributed by atoms with Crippen LogP contribution in [0.3, 0.4) is 0 Å². The lowest BCUT2D eigenvalue weighted by Crippen LogP contribution is -2.47. The van der Waals surface area contributed by atoms with Crippen LogP contribution in [0.25, 0.3) is 0 Å². The highest BCUT2D eigenvalue weighted by Gasteiger charge is 2.30. The maximum atomic E-state index is 12.2. The summed E-state index contributed by atoms with van der Waals surface area (Å²) in [5.74, 6) is -1.94. The molecule has 0 aromatic rings. The molecule has 0 aromatic heterocycles. The number of ketones is 1. The highest BCUT2D eigenvalue weighted by Crippen LogP contribution is 2.20. The van der Waals surface area contributed by atoms with Crippen molar-refractivity contribution >= 4 is 17.7 Å². The van der Waals surface area contributed by atoms with Crippen molar-refractivity contribution in [1.82, 2.24) is 16.1 Å². The van der Waals surface area contributed by atoms with E-state index in [2.05, 4.69) is 16.1 Å². The Kier molecular flexibility index (Phi) is 7.99. The molecule has 4 atom stereocenters. The molecule has 1 aliphatic carbocycles. The molecule has 2 aliphatic rings. The highest BCUT2D eigenvalue weighted by atomic mass is 16.7. The predicted molar refractivity (Wildman–Crippen MR) is 95.3 cm³/mol. The zero-order chi connectivity index (χ0) is 19.1. The van der Waals surface area contributed by atoms with Crippen molar-refractivity contribution < 1.29 is 24.3 Å². The van der Waals surface area contributed by atoms with Gasteiger partial charge in [-0.1, -0.05) is 13.8 Å². The summed E-state index contributed by atoms with van der Waals surface area (Å²) >= 11 is 0. The Morgan fingerprint density at radius 1 is 1.12 bits per heavy atom. The van der Waals surface area contributed by atoms with Crippen molar-refractivity contribution in [3.05, 3.63) is 0 Å². The van der Waals surface area contributed by atoms with Gasteiger partial charge in [0.15, 0.2) is 0 Å². The molecule has 1 saturated carbocycles. The lowest BCUT2D eigenvalue weighted by molar-refractivity contribution is -0.150. The van der Waals surface area contributed by atoms with Crippen LogP contribution in [0.15, 0.2) is 0 Å². The summed E-state index contributed by atoms with van der Waals surface area (Å²) in [6.45, 7) is 4.50. The van der Waals surface area contributed by atoms with Crippen molar-refractivity contribution in [2.45, 2.75) is 83.0 Å². The van der Waals surface area contributed by atoms with E-state index in [1.165, 1.54) is 0 Å². The van der Waals surface area contributed by atoms with E-state index in [0.717, 1.165) is 32.1 Å². The van der Waals surface area contributed by atoms with Crippen LogP contribution in [-0.2, 0) is 19.2 Å². The summed E-state index contributed by atoms with van der Waals surface area (Å²) in [6.07, 6.45) is 5.49. The molecule has 8 heteroatoms. The number of hydroxylamine groups is 1. The molecule has 1 amide bonds. The van der Waals surface area contributed by atoms with E-state index < -0.39 is 17.8 Å². The van der Waals surface area contributed by atoms with E-state index in [0.29, 0.717) is 19.4 Å². The van der Waals surface area contributed by atoms with Crippen LogP contribution in [0.5, 0.6) is 0 Å². The first-order valence-corrected chi connectivity index (χ1v) is 9.57. The van der Waals surface area contributed by atoms with Crippen LogP contribution in [0.2, 0.25) is 0 Å². The summed E-state index contributed by atoms with van der Waals surface area (Å²) in [6, 6.07) is -0.730. The van der Waals surface area contributed by atoms with Gasteiger partial charge in [0.05, 0.1) is 12.6 Å². The Morgan fingerprint density at radius 3 is 2.42 bits per heavy atom. The van der Waals surface area contributed by atoms with Crippen LogP contribution in [0.1, 0.15) is 58.8 Å². The molecule has 0 radical (unpaired) electrons. The fourth-order valence-corrected chi connectivity index (χ4v) is 3.65. The number of hydrogen-bond acceptors (Lipinski definition) is 6. The van der Waals surface area contributed by atoms with Crippen molar-refractivity contribution in [2.75, 3.05) is 6.61 Å². The van der Waals surface area contributed by atoms with Gasteiger partial charge in [-0.05, 0) is 50.9 Å². The summed E-state index contributed by atoms with van der Waals surface area (Å²) < 4.78 is 0. The van der Waals surface area contributed by atoms with E-state index in [1.807, 2.05) is 13.8 Å². The first kappa shape index (κ1) is 20.8. The van der Waals surface area contributed by atoms with Gasteiger partial charge in [0, 0.05) is 12.1 Å². The minimum absolute atomic E-state index is 0.0300. The molecular formula is C18H31N3O5. The quantitative estimate of drug-likeness (QED) is 0.368. The summed E-state index contributed by atoms with van der Waals surface area (Å²) in [7, 11) is 0. The van der Waals surface area contributed by atoms with E-state index in [-0.39, 0.29) is 30.0 Å². The third-order valence-corrected chi connectivity index (χ3v) is 5.04. The lowest BCUT2D eigenvalue weighted by Gasteiger charge is -2.24. The second kappa shape index (κ2) is 9.99. The fourth-order valence-electron chi connectivity index (χ4n) is 3.65. The smallest absolute Gasteiger partial charge is 0.373 e. The number of rotatable bonds is 8. The number of aliphatic carboxylic acids is 1. The number of carbonyl (C=O) groups is 3. The van der Waals surface area contributed by atoms with E-state index in [9.17, 15) is 14.4 Å². The Morgan fingerprint density at radius 2 is 1.81 bits per heavy atom. The number of carboxylic acid groups (broad SMARTS) is 1. The van der Waals surface area contributed by atoms with Crippen LogP contribution < -0.4 is 16.1 Å². The molecule has 1 aliphatic heterocycles. The van der Waals surface area contributed by atoms with Crippen molar-refractivity contribution in [3.8, 4) is 0 Å². The van der Waals surface area contributed by atoms with Crippen LogP contribution in [0.4, 0.5) is 0 Å². The summed E-state index contributed by atoms with van der Waals surface area (Å²) in [5.41, 5.74) is 2.72. The topological polar surface area (TPSA) is 117 Å². The van der Waals surface area contributed by atoms with Gasteiger partial charge >= 0.3 is 5.97 Å². The molecule has 0 spiro atoms. The molecule has 2 rings (SSSR count). The molecule has 26 heavy (non-hydrogen) atoms. The molecule has 8 nitrogen and oxygen atoms in total. The van der Waals surface area contributed by atoms with Gasteiger partial charge in [-0.2, -0.15) is 5.48 Å². The molecule has 0 aromatic carbocycles. The first-order chi connectivity index (χ1) is 12.4. The van der Waals surface area contributed by atoms with Crippen molar-refractivity contribution in [1.29, 1.82) is 0 Å². The van der Waals surface area contributed by atoms with Crippen LogP contribution in [0, 0.1) is 5.92 Å². The Labute approximate surface area is 154 Å². The molecular weight excluding hydrogens is 338 g/mol. The number of carbonyl (C=O) groups excluding carboxylic acids is 2. The lowest BCUT2D eigenvalue weighted by atomic mass is 9.98. The van der Waals surface area contributed by atoms with Gasteiger partial charge in [0.25, 0.3) is 5.78 Å². The predicted octanol–water partition coefficient (Wildman–Crippen LogP) is 0.755. The fraction of sp³-hybridized carbons (Fsp3) is 0.833. The summed E-state index contributed by atoms with van der Waals surface area (Å²) in [5, 5.41) is 15.4. The highest BCUT2D eigenvalue weighted by molar-refractivity contribution is 6.34. The largest absolute Gasteiger partial charge is 0.475 e. The van der Waals surface area contributed by atoms with Gasteiger partial charge in [-0.25, -0.2) is 4.79 Å². The second-order valence-corrected chi connectivity index (χ2v) is 7.74. The van der Waals surface area contributed by atoms with Crippen molar-refractivity contribution in [2.24, 2.45) is 5.92 Å². The van der Waals surface area contributed by atoms with Crippen LogP contribution >= 0.6 is 0 Å². The van der Waals surface area contributed by atoms with Gasteiger partial charge in [-0.3, -0.25) is 9.59 Å². The van der Waals surface area contributed by atoms with E-state index in [1.54, 1.807) is 0 Å². The Balaban J connectivity index is 1.84. The molecule has 148 valence electrons. The number of hydrogen-bond donors (Lipinski definition) is 4. The van der Waals surface area contributed by atoms with Crippen molar-refractivity contribution in [3.63, 3.8) is 0 Å². The molecule has 4 N–H and O–H groups in total. The van der Waals surface area contributed by atoms with Crippen LogP contribution in [-0.4, -0.2) is 53.5 Å². The average molecular weight is 369 g/mol. The van der Waals surface area contributed by atoms with Gasteiger partial charge in [0.1, 0.15) is 6.04 Å². The maximum absolute atomic E-state index is 12.2. The minimum Gasteiger partial charge on any atom is -0.475 e.